The molecule has 0 fully saturated rings. The van der Waals surface area contributed by atoms with E-state index in [-0.39, 0.29) is 16.7 Å². The second kappa shape index (κ2) is 6.38. The van der Waals surface area contributed by atoms with Crippen molar-refractivity contribution in [3.8, 4) is 0 Å². The Balaban J connectivity index is 2.09. The molecule has 1 aromatic carbocycles. The SMILES string of the molecule is O=C(N[C@@H](Cc1ccccc1)C(=O)O)c1ccoc1Br. The number of aliphatic carboxylic acids is 1. The monoisotopic (exact) mass is 337 g/mol. The Morgan fingerprint density at radius 1 is 1.25 bits per heavy atom. The van der Waals surface area contributed by atoms with Gasteiger partial charge in [0, 0.05) is 6.42 Å². The van der Waals surface area contributed by atoms with E-state index in [1.165, 1.54) is 12.3 Å². The lowest BCUT2D eigenvalue weighted by atomic mass is 10.1. The molecule has 2 N–H and O–H groups in total. The minimum atomic E-state index is -1.08. The van der Waals surface area contributed by atoms with Crippen LogP contribution in [0.4, 0.5) is 0 Å². The number of hydrogen-bond acceptors (Lipinski definition) is 3. The molecule has 0 saturated carbocycles. The van der Waals surface area contributed by atoms with Crippen LogP contribution in [-0.4, -0.2) is 23.0 Å². The molecule has 6 heteroatoms. The molecule has 1 atom stereocenters. The number of rotatable bonds is 5. The van der Waals surface area contributed by atoms with Gasteiger partial charge in [-0.15, -0.1) is 0 Å². The third-order valence-corrected chi connectivity index (χ3v) is 3.36. The lowest BCUT2D eigenvalue weighted by Gasteiger charge is -2.14. The van der Waals surface area contributed by atoms with Gasteiger partial charge in [0.15, 0.2) is 4.67 Å². The fraction of sp³-hybridized carbons (Fsp3) is 0.143. The maximum atomic E-state index is 12.0. The predicted molar refractivity (Wildman–Crippen MR) is 75.4 cm³/mol. The summed E-state index contributed by atoms with van der Waals surface area (Å²) >= 11 is 3.09. The summed E-state index contributed by atoms with van der Waals surface area (Å²) < 4.78 is 5.23. The predicted octanol–water partition coefficient (Wildman–Crippen LogP) is 2.47. The van der Waals surface area contributed by atoms with Gasteiger partial charge in [0.1, 0.15) is 6.04 Å². The molecule has 0 aliphatic carbocycles. The quantitative estimate of drug-likeness (QED) is 0.878. The first-order chi connectivity index (χ1) is 9.58. The summed E-state index contributed by atoms with van der Waals surface area (Å²) in [5, 5.41) is 11.7. The maximum absolute atomic E-state index is 12.0. The van der Waals surface area contributed by atoms with E-state index in [4.69, 9.17) is 4.42 Å². The maximum Gasteiger partial charge on any atom is 0.326 e. The molecule has 0 spiro atoms. The summed E-state index contributed by atoms with van der Waals surface area (Å²) in [7, 11) is 0. The highest BCUT2D eigenvalue weighted by atomic mass is 79.9. The molecule has 0 aliphatic heterocycles. The Hall–Kier alpha value is -2.08. The van der Waals surface area contributed by atoms with E-state index in [0.29, 0.717) is 0 Å². The lowest BCUT2D eigenvalue weighted by Crippen LogP contribution is -2.42. The third kappa shape index (κ3) is 3.48. The first kappa shape index (κ1) is 14.3. The van der Waals surface area contributed by atoms with Crippen molar-refractivity contribution in [1.82, 2.24) is 5.32 Å². The average molecular weight is 338 g/mol. The summed E-state index contributed by atoms with van der Waals surface area (Å²) in [5.41, 5.74) is 1.11. The third-order valence-electron chi connectivity index (χ3n) is 2.75. The molecule has 1 heterocycles. The highest BCUT2D eigenvalue weighted by Gasteiger charge is 2.22. The van der Waals surface area contributed by atoms with Crippen LogP contribution < -0.4 is 5.32 Å². The van der Waals surface area contributed by atoms with Crippen molar-refractivity contribution in [2.24, 2.45) is 0 Å². The summed E-state index contributed by atoms with van der Waals surface area (Å²) in [6, 6.07) is 9.60. The number of benzene rings is 1. The van der Waals surface area contributed by atoms with Crippen LogP contribution in [0.1, 0.15) is 15.9 Å². The van der Waals surface area contributed by atoms with E-state index >= 15 is 0 Å². The summed E-state index contributed by atoms with van der Waals surface area (Å²) in [5.74, 6) is -1.57. The van der Waals surface area contributed by atoms with Crippen LogP contribution in [0.25, 0.3) is 0 Å². The van der Waals surface area contributed by atoms with Crippen molar-refractivity contribution in [3.63, 3.8) is 0 Å². The van der Waals surface area contributed by atoms with E-state index in [2.05, 4.69) is 21.2 Å². The molecule has 2 aromatic rings. The molecule has 1 aromatic heterocycles. The first-order valence-electron chi connectivity index (χ1n) is 5.88. The summed E-state index contributed by atoms with van der Waals surface area (Å²) in [6.45, 7) is 0. The van der Waals surface area contributed by atoms with Crippen LogP contribution >= 0.6 is 15.9 Å². The second-order valence-electron chi connectivity index (χ2n) is 4.16. The number of halogens is 1. The number of carboxylic acids is 1. The van der Waals surface area contributed by atoms with Gasteiger partial charge < -0.3 is 14.8 Å². The molecule has 5 nitrogen and oxygen atoms in total. The fourth-order valence-corrected chi connectivity index (χ4v) is 2.16. The number of nitrogens with one attached hydrogen (secondary N) is 1. The molecule has 1 amide bonds. The van der Waals surface area contributed by atoms with Crippen LogP contribution in [0, 0.1) is 0 Å². The first-order valence-corrected chi connectivity index (χ1v) is 6.68. The largest absolute Gasteiger partial charge is 0.480 e. The molecular formula is C14H12BrNO4. The Kier molecular flexibility index (Phi) is 4.57. The number of amides is 1. The van der Waals surface area contributed by atoms with Crippen LogP contribution in [-0.2, 0) is 11.2 Å². The van der Waals surface area contributed by atoms with Crippen LogP contribution in [0.3, 0.4) is 0 Å². The van der Waals surface area contributed by atoms with E-state index in [1.54, 1.807) is 0 Å². The van der Waals surface area contributed by atoms with Crippen molar-refractivity contribution in [3.05, 3.63) is 58.5 Å². The summed E-state index contributed by atoms with van der Waals surface area (Å²) in [6.07, 6.45) is 1.57. The lowest BCUT2D eigenvalue weighted by molar-refractivity contribution is -0.139. The zero-order valence-electron chi connectivity index (χ0n) is 10.4. The number of carbonyl (C=O) groups excluding carboxylic acids is 1. The summed E-state index contributed by atoms with van der Waals surface area (Å²) in [4.78, 5) is 23.2. The molecule has 2 rings (SSSR count). The molecule has 0 saturated heterocycles. The Labute approximate surface area is 123 Å². The smallest absolute Gasteiger partial charge is 0.326 e. The molecule has 104 valence electrons. The minimum absolute atomic E-state index is 0.220. The molecule has 20 heavy (non-hydrogen) atoms. The zero-order chi connectivity index (χ0) is 14.5. The van der Waals surface area contributed by atoms with Gasteiger partial charge in [-0.2, -0.15) is 0 Å². The number of carboxylic acid groups (broad SMARTS) is 1. The topological polar surface area (TPSA) is 79.5 Å². The van der Waals surface area contributed by atoms with E-state index in [9.17, 15) is 14.7 Å². The van der Waals surface area contributed by atoms with Gasteiger partial charge in [-0.25, -0.2) is 4.79 Å². The van der Waals surface area contributed by atoms with Gasteiger partial charge >= 0.3 is 5.97 Å². The highest BCUT2D eigenvalue weighted by Crippen LogP contribution is 2.17. The Bertz CT molecular complexity index is 609. The molecule has 0 radical (unpaired) electrons. The number of carbonyl (C=O) groups is 2. The van der Waals surface area contributed by atoms with Crippen molar-refractivity contribution < 1.29 is 19.1 Å². The normalized spacial score (nSPS) is 11.8. The fourth-order valence-electron chi connectivity index (χ4n) is 1.74. The molecule has 0 aliphatic rings. The van der Waals surface area contributed by atoms with Gasteiger partial charge in [-0.05, 0) is 27.6 Å². The second-order valence-corrected chi connectivity index (χ2v) is 4.88. The van der Waals surface area contributed by atoms with E-state index in [1.807, 2.05) is 30.3 Å². The highest BCUT2D eigenvalue weighted by molar-refractivity contribution is 9.10. The van der Waals surface area contributed by atoms with Crippen molar-refractivity contribution in [2.45, 2.75) is 12.5 Å². The van der Waals surface area contributed by atoms with Crippen molar-refractivity contribution >= 4 is 27.8 Å². The Morgan fingerprint density at radius 2 is 1.95 bits per heavy atom. The van der Waals surface area contributed by atoms with Gasteiger partial charge in [0.25, 0.3) is 5.91 Å². The van der Waals surface area contributed by atoms with Crippen LogP contribution in [0.15, 0.2) is 51.7 Å². The van der Waals surface area contributed by atoms with Gasteiger partial charge in [0.2, 0.25) is 0 Å². The molecule has 0 bridgehead atoms. The van der Waals surface area contributed by atoms with Crippen LogP contribution in [0.2, 0.25) is 0 Å². The minimum Gasteiger partial charge on any atom is -0.480 e. The van der Waals surface area contributed by atoms with Gasteiger partial charge in [0.05, 0.1) is 11.8 Å². The zero-order valence-corrected chi connectivity index (χ0v) is 12.0. The van der Waals surface area contributed by atoms with Crippen molar-refractivity contribution in [2.75, 3.05) is 0 Å². The van der Waals surface area contributed by atoms with E-state index in [0.717, 1.165) is 5.56 Å². The number of hydrogen-bond donors (Lipinski definition) is 2. The average Bonchev–Trinajstić information content (AvgIpc) is 2.85. The Morgan fingerprint density at radius 3 is 2.50 bits per heavy atom. The van der Waals surface area contributed by atoms with E-state index < -0.39 is 17.9 Å². The van der Waals surface area contributed by atoms with Crippen molar-refractivity contribution in [1.29, 1.82) is 0 Å². The molecule has 0 unspecified atom stereocenters. The van der Waals surface area contributed by atoms with Crippen LogP contribution in [0.5, 0.6) is 0 Å². The standard InChI is InChI=1S/C14H12BrNO4/c15-12-10(6-7-20-12)13(17)16-11(14(18)19)8-9-4-2-1-3-5-9/h1-7,11H,8H2,(H,16,17)(H,18,19)/t11-/m0/s1. The van der Waals surface area contributed by atoms with Gasteiger partial charge in [-0.1, -0.05) is 30.3 Å². The number of furan rings is 1. The van der Waals surface area contributed by atoms with Gasteiger partial charge in [-0.3, -0.25) is 4.79 Å². The molecular weight excluding hydrogens is 326 g/mol.